The van der Waals surface area contributed by atoms with Crippen molar-refractivity contribution in [1.82, 2.24) is 0 Å². The molecule has 0 fully saturated rings. The average molecular weight is 401 g/mol. The molecular weight excluding hydrogens is 348 g/mol. The van der Waals surface area contributed by atoms with Crippen LogP contribution in [0.2, 0.25) is 0 Å². The molecule has 0 heteroatoms. The second-order valence-corrected chi connectivity index (χ2v) is 10.8. The molecule has 3 atom stereocenters. The summed E-state index contributed by atoms with van der Waals surface area (Å²) in [5.41, 5.74) is 3.68. The van der Waals surface area contributed by atoms with Gasteiger partial charge in [-0.1, -0.05) is 104 Å². The molecule has 0 saturated heterocycles. The van der Waals surface area contributed by atoms with Crippen LogP contribution in [-0.2, 0) is 0 Å². The van der Waals surface area contributed by atoms with E-state index in [1.54, 1.807) is 5.57 Å². The van der Waals surface area contributed by atoms with Gasteiger partial charge in [0.2, 0.25) is 0 Å². The fourth-order valence-corrected chi connectivity index (χ4v) is 5.04. The molecule has 0 nitrogen and oxygen atoms in total. The van der Waals surface area contributed by atoms with Crippen molar-refractivity contribution >= 4 is 0 Å². The maximum absolute atomic E-state index is 4.66. The quantitative estimate of drug-likeness (QED) is 0.201. The second kappa shape index (κ2) is 13.5. The Morgan fingerprint density at radius 3 is 2.28 bits per heavy atom. The average Bonchev–Trinajstić information content (AvgIpc) is 3.16. The molecule has 0 N–H and O–H groups in total. The number of allylic oxidation sites excluding steroid dienone is 5. The first-order valence-electron chi connectivity index (χ1n) is 12.8. The first-order valence-corrected chi connectivity index (χ1v) is 12.8. The van der Waals surface area contributed by atoms with Crippen LogP contribution in [0, 0.1) is 29.1 Å². The number of hydrogen-bond donors (Lipinski definition) is 0. The first kappa shape index (κ1) is 26.3. The summed E-state index contributed by atoms with van der Waals surface area (Å²) < 4.78 is 0. The van der Waals surface area contributed by atoms with Gasteiger partial charge >= 0.3 is 0 Å². The van der Waals surface area contributed by atoms with E-state index in [4.69, 9.17) is 0 Å². The molecule has 0 aromatic rings. The van der Waals surface area contributed by atoms with Crippen molar-refractivity contribution in [2.45, 2.75) is 119 Å². The Labute approximate surface area is 184 Å². The van der Waals surface area contributed by atoms with Crippen molar-refractivity contribution in [2.24, 2.45) is 29.1 Å². The lowest BCUT2D eigenvalue weighted by Gasteiger charge is -2.30. The fraction of sp³-hybridized carbons (Fsp3) is 0.793. The summed E-state index contributed by atoms with van der Waals surface area (Å²) in [7, 11) is 0. The molecule has 29 heavy (non-hydrogen) atoms. The third-order valence-corrected chi connectivity index (χ3v) is 7.19. The predicted molar refractivity (Wildman–Crippen MR) is 133 cm³/mol. The van der Waals surface area contributed by atoms with Gasteiger partial charge in [0.1, 0.15) is 0 Å². The van der Waals surface area contributed by atoms with Crippen LogP contribution < -0.4 is 0 Å². The Hall–Kier alpha value is -0.780. The van der Waals surface area contributed by atoms with Crippen molar-refractivity contribution in [1.29, 1.82) is 0 Å². The smallest absolute Gasteiger partial charge is 0.00174 e. The van der Waals surface area contributed by atoms with Gasteiger partial charge < -0.3 is 0 Å². The highest BCUT2D eigenvalue weighted by atomic mass is 14.3. The lowest BCUT2D eigenvalue weighted by Crippen LogP contribution is -2.20. The Morgan fingerprint density at radius 2 is 1.76 bits per heavy atom. The monoisotopic (exact) mass is 400 g/mol. The third-order valence-electron chi connectivity index (χ3n) is 7.19. The molecule has 1 aliphatic rings. The van der Waals surface area contributed by atoms with E-state index in [1.165, 1.54) is 76.2 Å². The molecule has 0 spiro atoms. The van der Waals surface area contributed by atoms with E-state index in [0.717, 1.165) is 11.8 Å². The molecule has 0 aliphatic heterocycles. The van der Waals surface area contributed by atoms with Crippen molar-refractivity contribution in [3.05, 3.63) is 36.0 Å². The standard InChI is InChI=1S/C29H52/c1-9-15-25(20-21-29(6,7)8)16-13-14-17-28(26(11-3)12-4)23(5)27-19-18-24(10-2)22-27/h16,18-19,24,26-28H,5,9-15,17,20-22H2,1-4,6-8H3/b25-16+/t24?,27-,28-/m1/s1. The minimum Gasteiger partial charge on any atom is -0.0990 e. The Balaban J connectivity index is 2.67. The van der Waals surface area contributed by atoms with E-state index in [9.17, 15) is 0 Å². The van der Waals surface area contributed by atoms with Crippen molar-refractivity contribution in [3.63, 3.8) is 0 Å². The van der Waals surface area contributed by atoms with Gasteiger partial charge in [0.25, 0.3) is 0 Å². The SMILES string of the molecule is C=C([C@@H]1C=CC(CC)C1)[C@@H](CCC/C=C(\CCC)CCC(C)(C)C)C(CC)CC. The van der Waals surface area contributed by atoms with Crippen molar-refractivity contribution in [2.75, 3.05) is 0 Å². The molecule has 0 aromatic heterocycles. The Bertz CT molecular complexity index is 509. The first-order chi connectivity index (χ1) is 13.8. The van der Waals surface area contributed by atoms with E-state index in [0.29, 0.717) is 17.3 Å². The third kappa shape index (κ3) is 9.71. The number of hydrogen-bond acceptors (Lipinski definition) is 0. The van der Waals surface area contributed by atoms with E-state index in [2.05, 4.69) is 73.3 Å². The number of unbranched alkanes of at least 4 members (excludes halogenated alkanes) is 1. The minimum absolute atomic E-state index is 0.441. The zero-order chi connectivity index (χ0) is 21.9. The summed E-state index contributed by atoms with van der Waals surface area (Å²) in [4.78, 5) is 0. The van der Waals surface area contributed by atoms with Crippen LogP contribution in [0.25, 0.3) is 0 Å². The van der Waals surface area contributed by atoms with Gasteiger partial charge in [-0.05, 0) is 80.5 Å². The van der Waals surface area contributed by atoms with Gasteiger partial charge in [0, 0.05) is 0 Å². The van der Waals surface area contributed by atoms with Crippen LogP contribution in [0.4, 0.5) is 0 Å². The lowest BCUT2D eigenvalue weighted by molar-refractivity contribution is 0.312. The summed E-state index contributed by atoms with van der Waals surface area (Å²) in [5, 5.41) is 0. The highest BCUT2D eigenvalue weighted by molar-refractivity contribution is 5.19. The molecule has 0 amide bonds. The highest BCUT2D eigenvalue weighted by Gasteiger charge is 2.28. The van der Waals surface area contributed by atoms with Crippen LogP contribution >= 0.6 is 0 Å². The highest BCUT2D eigenvalue weighted by Crippen LogP contribution is 2.40. The summed E-state index contributed by atoms with van der Waals surface area (Å²) in [6, 6.07) is 0. The summed E-state index contributed by atoms with van der Waals surface area (Å²) in [6.45, 7) is 21.1. The number of rotatable bonds is 14. The predicted octanol–water partition coefficient (Wildman–Crippen LogP) is 9.92. The molecule has 168 valence electrons. The summed E-state index contributed by atoms with van der Waals surface area (Å²) in [5.74, 6) is 2.91. The van der Waals surface area contributed by atoms with Crippen LogP contribution in [0.1, 0.15) is 119 Å². The molecule has 0 saturated carbocycles. The van der Waals surface area contributed by atoms with Crippen molar-refractivity contribution in [3.8, 4) is 0 Å². The van der Waals surface area contributed by atoms with Gasteiger partial charge in [-0.3, -0.25) is 0 Å². The molecule has 0 radical (unpaired) electrons. The molecule has 1 aliphatic carbocycles. The lowest BCUT2D eigenvalue weighted by atomic mass is 9.75. The Kier molecular flexibility index (Phi) is 12.2. The van der Waals surface area contributed by atoms with Gasteiger partial charge in [0.15, 0.2) is 0 Å². The van der Waals surface area contributed by atoms with E-state index in [-0.39, 0.29) is 0 Å². The van der Waals surface area contributed by atoms with Crippen LogP contribution in [0.5, 0.6) is 0 Å². The second-order valence-electron chi connectivity index (χ2n) is 10.8. The van der Waals surface area contributed by atoms with Crippen LogP contribution in [-0.4, -0.2) is 0 Å². The van der Waals surface area contributed by atoms with Gasteiger partial charge in [-0.25, -0.2) is 0 Å². The minimum atomic E-state index is 0.441. The zero-order valence-electron chi connectivity index (χ0n) is 21.0. The Morgan fingerprint density at radius 1 is 1.07 bits per heavy atom. The maximum Gasteiger partial charge on any atom is -0.00174 e. The van der Waals surface area contributed by atoms with Crippen LogP contribution in [0.15, 0.2) is 36.0 Å². The molecule has 1 unspecified atom stereocenters. The van der Waals surface area contributed by atoms with E-state index >= 15 is 0 Å². The molecule has 0 heterocycles. The topological polar surface area (TPSA) is 0 Å². The van der Waals surface area contributed by atoms with Crippen molar-refractivity contribution < 1.29 is 0 Å². The molecule has 1 rings (SSSR count). The zero-order valence-corrected chi connectivity index (χ0v) is 21.0. The van der Waals surface area contributed by atoms with E-state index in [1.807, 2.05) is 0 Å². The van der Waals surface area contributed by atoms with Gasteiger partial charge in [0.05, 0.1) is 0 Å². The van der Waals surface area contributed by atoms with E-state index < -0.39 is 0 Å². The molecule has 0 bridgehead atoms. The van der Waals surface area contributed by atoms with Crippen LogP contribution in [0.3, 0.4) is 0 Å². The summed E-state index contributed by atoms with van der Waals surface area (Å²) >= 11 is 0. The van der Waals surface area contributed by atoms with Gasteiger partial charge in [-0.15, -0.1) is 0 Å². The summed E-state index contributed by atoms with van der Waals surface area (Å²) in [6.07, 6.45) is 21.7. The fourth-order valence-electron chi connectivity index (χ4n) is 5.04. The van der Waals surface area contributed by atoms with Gasteiger partial charge in [-0.2, -0.15) is 0 Å². The molecular formula is C29H52. The normalized spacial score (nSPS) is 21.2. The largest absolute Gasteiger partial charge is 0.0990 e. The maximum atomic E-state index is 4.66. The molecule has 0 aromatic carbocycles.